The molecule has 0 spiro atoms. The molecule has 5 rings (SSSR count). The molecular formula is C34H32BrClN2O6S. The van der Waals surface area contributed by atoms with E-state index in [2.05, 4.69) is 20.9 Å². The van der Waals surface area contributed by atoms with E-state index in [0.29, 0.717) is 56.1 Å². The summed E-state index contributed by atoms with van der Waals surface area (Å²) in [5.41, 5.74) is 2.80. The van der Waals surface area contributed by atoms with Gasteiger partial charge in [0.15, 0.2) is 16.3 Å². The third-order valence-electron chi connectivity index (χ3n) is 6.94. The van der Waals surface area contributed by atoms with Gasteiger partial charge >= 0.3 is 5.97 Å². The van der Waals surface area contributed by atoms with Crippen LogP contribution in [0.2, 0.25) is 5.02 Å². The summed E-state index contributed by atoms with van der Waals surface area (Å²) < 4.78 is 26.0. The number of nitrogens with zero attached hydrogens (tertiary/aromatic N) is 2. The molecule has 3 aromatic carbocycles. The Morgan fingerprint density at radius 1 is 1.07 bits per heavy atom. The Hall–Kier alpha value is -3.86. The van der Waals surface area contributed by atoms with Gasteiger partial charge in [0.25, 0.3) is 5.56 Å². The van der Waals surface area contributed by atoms with Gasteiger partial charge in [-0.3, -0.25) is 9.36 Å². The molecule has 1 atom stereocenters. The summed E-state index contributed by atoms with van der Waals surface area (Å²) in [6.07, 6.45) is 1.43. The van der Waals surface area contributed by atoms with Crippen LogP contribution in [-0.2, 0) is 16.1 Å². The molecule has 1 aliphatic heterocycles. The largest absolute Gasteiger partial charge is 0.496 e. The maximum absolute atomic E-state index is 14.1. The highest BCUT2D eigenvalue weighted by atomic mass is 79.9. The number of halogens is 2. The summed E-state index contributed by atoms with van der Waals surface area (Å²) >= 11 is 10.8. The van der Waals surface area contributed by atoms with E-state index in [0.717, 1.165) is 15.6 Å². The Balaban J connectivity index is 1.59. The number of hydrogen-bond donors (Lipinski definition) is 0. The van der Waals surface area contributed by atoms with Crippen molar-refractivity contribution >= 4 is 50.9 Å². The number of esters is 1. The van der Waals surface area contributed by atoms with Crippen LogP contribution in [-0.4, -0.2) is 30.4 Å². The summed E-state index contributed by atoms with van der Waals surface area (Å²) in [7, 11) is 1.55. The highest BCUT2D eigenvalue weighted by Gasteiger charge is 2.35. The minimum absolute atomic E-state index is 0.278. The molecule has 0 amide bonds. The fourth-order valence-electron chi connectivity index (χ4n) is 4.97. The molecule has 11 heteroatoms. The number of thiazole rings is 1. The first-order valence-electron chi connectivity index (χ1n) is 14.3. The molecule has 234 valence electrons. The van der Waals surface area contributed by atoms with E-state index in [4.69, 9.17) is 30.5 Å². The Morgan fingerprint density at radius 3 is 2.49 bits per heavy atom. The van der Waals surface area contributed by atoms with Gasteiger partial charge in [0.05, 0.1) is 35.6 Å². The molecule has 0 saturated carbocycles. The molecule has 1 aliphatic rings. The molecule has 45 heavy (non-hydrogen) atoms. The number of aromatic nitrogens is 1. The summed E-state index contributed by atoms with van der Waals surface area (Å²) in [6, 6.07) is 17.6. The summed E-state index contributed by atoms with van der Waals surface area (Å²) in [4.78, 5) is 32.7. The Bertz CT molecular complexity index is 1950. The maximum Gasteiger partial charge on any atom is 0.338 e. The number of ether oxygens (including phenoxy) is 4. The van der Waals surface area contributed by atoms with Gasteiger partial charge in [0.2, 0.25) is 0 Å². The number of methoxy groups -OCH3 is 1. The van der Waals surface area contributed by atoms with Crippen molar-refractivity contribution in [1.29, 1.82) is 0 Å². The number of benzene rings is 3. The van der Waals surface area contributed by atoms with Crippen LogP contribution in [0.25, 0.3) is 6.08 Å². The minimum Gasteiger partial charge on any atom is -0.496 e. The molecule has 0 saturated heterocycles. The van der Waals surface area contributed by atoms with Crippen LogP contribution in [0.5, 0.6) is 17.2 Å². The number of hydrogen-bond acceptors (Lipinski definition) is 8. The van der Waals surface area contributed by atoms with E-state index in [1.165, 1.54) is 15.9 Å². The van der Waals surface area contributed by atoms with Crippen LogP contribution in [0.4, 0.5) is 0 Å². The van der Waals surface area contributed by atoms with Gasteiger partial charge in [-0.25, -0.2) is 9.79 Å². The second-order valence-electron chi connectivity index (χ2n) is 10.5. The van der Waals surface area contributed by atoms with Crippen LogP contribution in [0.1, 0.15) is 50.4 Å². The molecule has 0 N–H and O–H groups in total. The van der Waals surface area contributed by atoms with Crippen LogP contribution in [0, 0.1) is 0 Å². The van der Waals surface area contributed by atoms with Gasteiger partial charge in [-0.15, -0.1) is 0 Å². The normalized spacial score (nSPS) is 14.7. The molecule has 0 fully saturated rings. The minimum atomic E-state index is -0.815. The van der Waals surface area contributed by atoms with Crippen molar-refractivity contribution in [1.82, 2.24) is 4.57 Å². The molecule has 4 aromatic rings. The lowest BCUT2D eigenvalue weighted by Crippen LogP contribution is -2.40. The summed E-state index contributed by atoms with van der Waals surface area (Å²) in [5, 5.41) is 0.660. The van der Waals surface area contributed by atoms with Gasteiger partial charge in [-0.1, -0.05) is 57.1 Å². The van der Waals surface area contributed by atoms with E-state index in [1.807, 2.05) is 61.5 Å². The molecule has 1 aromatic heterocycles. The molecule has 8 nitrogen and oxygen atoms in total. The first-order valence-corrected chi connectivity index (χ1v) is 16.3. The van der Waals surface area contributed by atoms with Crippen molar-refractivity contribution in [2.75, 3.05) is 13.7 Å². The highest BCUT2D eigenvalue weighted by Crippen LogP contribution is 2.37. The van der Waals surface area contributed by atoms with Crippen molar-refractivity contribution < 1.29 is 23.7 Å². The van der Waals surface area contributed by atoms with Gasteiger partial charge in [0, 0.05) is 15.1 Å². The molecule has 0 radical (unpaired) electrons. The zero-order valence-electron chi connectivity index (χ0n) is 25.4. The van der Waals surface area contributed by atoms with E-state index in [-0.39, 0.29) is 17.2 Å². The van der Waals surface area contributed by atoms with Crippen molar-refractivity contribution in [3.8, 4) is 17.2 Å². The average Bonchev–Trinajstić information content (AvgIpc) is 3.30. The van der Waals surface area contributed by atoms with Crippen LogP contribution >= 0.6 is 38.9 Å². The predicted molar refractivity (Wildman–Crippen MR) is 179 cm³/mol. The lowest BCUT2D eigenvalue weighted by atomic mass is 9.95. The first kappa shape index (κ1) is 32.5. The molecule has 0 aliphatic carbocycles. The maximum atomic E-state index is 14.1. The summed E-state index contributed by atoms with van der Waals surface area (Å²) in [6.45, 7) is 7.99. The van der Waals surface area contributed by atoms with E-state index < -0.39 is 12.0 Å². The third kappa shape index (κ3) is 7.19. The third-order valence-corrected chi connectivity index (χ3v) is 8.67. The Kier molecular flexibility index (Phi) is 10.2. The second-order valence-corrected chi connectivity index (χ2v) is 12.8. The molecule has 0 bridgehead atoms. The lowest BCUT2D eigenvalue weighted by molar-refractivity contribution is -0.143. The van der Waals surface area contributed by atoms with Gasteiger partial charge in [-0.05, 0) is 87.4 Å². The monoisotopic (exact) mass is 710 g/mol. The van der Waals surface area contributed by atoms with Crippen molar-refractivity contribution in [2.45, 2.75) is 46.4 Å². The van der Waals surface area contributed by atoms with Crippen LogP contribution in [0.15, 0.2) is 86.2 Å². The zero-order valence-corrected chi connectivity index (χ0v) is 28.6. The first-order chi connectivity index (χ1) is 21.6. The van der Waals surface area contributed by atoms with Gasteiger partial charge in [0.1, 0.15) is 18.4 Å². The fourth-order valence-corrected chi connectivity index (χ4v) is 6.52. The SMILES string of the molecule is CCOc1cc(/C=c2\sc3n(c2=O)[C@H](c2cc(Br)ccc2OC)C(C(=O)OC(C)C)=C(C)N=3)ccc1OCc1ccc(Cl)cc1. The quantitative estimate of drug-likeness (QED) is 0.173. The average molecular weight is 712 g/mol. The number of rotatable bonds is 10. The molecule has 2 heterocycles. The van der Waals surface area contributed by atoms with E-state index in [1.54, 1.807) is 40.0 Å². The predicted octanol–water partition coefficient (Wildman–Crippen LogP) is 6.59. The number of carbonyl (C=O) groups is 1. The smallest absolute Gasteiger partial charge is 0.338 e. The van der Waals surface area contributed by atoms with Crippen molar-refractivity contribution in [3.05, 3.63) is 118 Å². The molecule has 0 unspecified atom stereocenters. The van der Waals surface area contributed by atoms with E-state index in [9.17, 15) is 9.59 Å². The van der Waals surface area contributed by atoms with Crippen LogP contribution in [0.3, 0.4) is 0 Å². The highest BCUT2D eigenvalue weighted by molar-refractivity contribution is 9.10. The van der Waals surface area contributed by atoms with Crippen LogP contribution < -0.4 is 29.1 Å². The second kappa shape index (κ2) is 14.1. The Labute approximate surface area is 278 Å². The number of carbonyl (C=O) groups excluding carboxylic acids is 1. The molecular weight excluding hydrogens is 680 g/mol. The van der Waals surface area contributed by atoms with Crippen molar-refractivity contribution in [2.24, 2.45) is 4.99 Å². The zero-order chi connectivity index (χ0) is 32.2. The van der Waals surface area contributed by atoms with E-state index >= 15 is 0 Å². The van der Waals surface area contributed by atoms with Gasteiger partial charge < -0.3 is 18.9 Å². The lowest BCUT2D eigenvalue weighted by Gasteiger charge is -2.26. The fraction of sp³-hybridized carbons (Fsp3) is 0.265. The number of allylic oxidation sites excluding steroid dienone is 1. The van der Waals surface area contributed by atoms with Crippen molar-refractivity contribution in [3.63, 3.8) is 0 Å². The number of fused-ring (bicyclic) bond motifs is 1. The standard InChI is InChI=1S/C34H32BrClN2O6S/c1-6-42-28-15-22(9-13-27(28)43-18-21-7-11-24(36)12-8-21)16-29-32(39)38-31(25-17-23(35)10-14-26(25)41-5)30(33(40)44-19(2)3)20(4)37-34(38)45-29/h7-17,19,31H,6,18H2,1-5H3/b29-16-/t31-/m1/s1. The topological polar surface area (TPSA) is 88.4 Å². The Morgan fingerprint density at radius 2 is 1.80 bits per heavy atom. The van der Waals surface area contributed by atoms with Gasteiger partial charge in [-0.2, -0.15) is 0 Å². The summed E-state index contributed by atoms with van der Waals surface area (Å²) in [5.74, 6) is 1.12.